The molecular weight excluding hydrogens is 332 g/mol. The number of nitrogens with zero attached hydrogens (tertiary/aromatic N) is 4. The van der Waals surface area contributed by atoms with E-state index in [0.717, 1.165) is 55.5 Å². The number of imidazole rings is 1. The summed E-state index contributed by atoms with van der Waals surface area (Å²) < 4.78 is 2.17. The van der Waals surface area contributed by atoms with Crippen molar-refractivity contribution >= 4 is 17.7 Å². The number of thioether (sulfide) groups is 1. The summed E-state index contributed by atoms with van der Waals surface area (Å²) >= 11 is 1.83. The van der Waals surface area contributed by atoms with Gasteiger partial charge in [0, 0.05) is 49.8 Å². The van der Waals surface area contributed by atoms with Crippen LogP contribution in [0.5, 0.6) is 0 Å². The zero-order valence-electron chi connectivity index (χ0n) is 14.8. The Kier molecular flexibility index (Phi) is 6.50. The molecule has 1 fully saturated rings. The van der Waals surface area contributed by atoms with Crippen LogP contribution < -0.4 is 0 Å². The Labute approximate surface area is 153 Å². The minimum atomic E-state index is 0.286. The van der Waals surface area contributed by atoms with Crippen molar-refractivity contribution in [3.05, 3.63) is 48.3 Å². The second kappa shape index (κ2) is 9.04. The maximum absolute atomic E-state index is 12.4. The molecule has 0 saturated carbocycles. The molecule has 1 aliphatic rings. The van der Waals surface area contributed by atoms with Crippen LogP contribution in [0.25, 0.3) is 0 Å². The van der Waals surface area contributed by atoms with E-state index in [1.165, 1.54) is 0 Å². The van der Waals surface area contributed by atoms with E-state index in [2.05, 4.69) is 21.5 Å². The number of hydrogen-bond acceptors (Lipinski definition) is 4. The number of carbonyl (C=O) groups is 1. The lowest BCUT2D eigenvalue weighted by molar-refractivity contribution is -0.132. The van der Waals surface area contributed by atoms with Crippen molar-refractivity contribution in [2.45, 2.75) is 38.6 Å². The first kappa shape index (κ1) is 18.0. The summed E-state index contributed by atoms with van der Waals surface area (Å²) in [6, 6.07) is 5.97. The third-order valence-corrected chi connectivity index (χ3v) is 5.51. The smallest absolute Gasteiger partial charge is 0.223 e. The Bertz CT molecular complexity index is 673. The molecule has 0 aliphatic carbocycles. The highest BCUT2D eigenvalue weighted by Crippen LogP contribution is 2.26. The first-order valence-electron chi connectivity index (χ1n) is 9.04. The molecule has 2 aromatic rings. The van der Waals surface area contributed by atoms with Crippen molar-refractivity contribution in [1.29, 1.82) is 0 Å². The van der Waals surface area contributed by atoms with Gasteiger partial charge in [-0.25, -0.2) is 4.98 Å². The Balaban J connectivity index is 1.64. The number of aromatic nitrogens is 3. The lowest BCUT2D eigenvalue weighted by Crippen LogP contribution is -2.40. The number of pyridine rings is 1. The molecule has 0 bridgehead atoms. The van der Waals surface area contributed by atoms with Gasteiger partial charge in [-0.15, -0.1) is 0 Å². The van der Waals surface area contributed by atoms with Gasteiger partial charge in [-0.2, -0.15) is 11.8 Å². The van der Waals surface area contributed by atoms with Crippen molar-refractivity contribution in [3.63, 3.8) is 0 Å². The maximum atomic E-state index is 12.4. The minimum absolute atomic E-state index is 0.286. The Morgan fingerprint density at radius 2 is 2.24 bits per heavy atom. The van der Waals surface area contributed by atoms with Crippen molar-refractivity contribution in [1.82, 2.24) is 19.4 Å². The molecule has 3 heterocycles. The third-order valence-electron chi connectivity index (χ3n) is 4.61. The number of rotatable bonds is 7. The van der Waals surface area contributed by atoms with Gasteiger partial charge in [0.1, 0.15) is 5.82 Å². The molecule has 5 nitrogen and oxygen atoms in total. The predicted octanol–water partition coefficient (Wildman–Crippen LogP) is 3.18. The summed E-state index contributed by atoms with van der Waals surface area (Å²) in [4.78, 5) is 23.5. The van der Waals surface area contributed by atoms with Gasteiger partial charge >= 0.3 is 0 Å². The maximum Gasteiger partial charge on any atom is 0.223 e. The van der Waals surface area contributed by atoms with E-state index in [1.54, 1.807) is 0 Å². The first-order valence-corrected chi connectivity index (χ1v) is 10.2. The van der Waals surface area contributed by atoms with Crippen LogP contribution >= 0.6 is 11.8 Å². The number of hydrogen-bond donors (Lipinski definition) is 0. The van der Waals surface area contributed by atoms with E-state index in [9.17, 15) is 4.79 Å². The van der Waals surface area contributed by atoms with E-state index in [1.807, 2.05) is 53.5 Å². The SMILES string of the molecule is CCSCCC(=O)N1CCC[C@@H](c2nccn2Cc2ccccn2)C1. The molecule has 1 amide bonds. The minimum Gasteiger partial charge on any atom is -0.342 e. The molecular formula is C19H26N4OS. The van der Waals surface area contributed by atoms with Gasteiger partial charge in [-0.05, 0) is 30.7 Å². The number of piperidine rings is 1. The molecule has 0 unspecified atom stereocenters. The predicted molar refractivity (Wildman–Crippen MR) is 102 cm³/mol. The molecule has 25 heavy (non-hydrogen) atoms. The quantitative estimate of drug-likeness (QED) is 0.714. The number of amides is 1. The summed E-state index contributed by atoms with van der Waals surface area (Å²) in [7, 11) is 0. The van der Waals surface area contributed by atoms with Crippen LogP contribution in [0.2, 0.25) is 0 Å². The third kappa shape index (κ3) is 4.84. The highest BCUT2D eigenvalue weighted by molar-refractivity contribution is 7.99. The van der Waals surface area contributed by atoms with Crippen LogP contribution in [-0.2, 0) is 11.3 Å². The fourth-order valence-electron chi connectivity index (χ4n) is 3.36. The van der Waals surface area contributed by atoms with E-state index in [-0.39, 0.29) is 5.91 Å². The Morgan fingerprint density at radius 3 is 3.04 bits per heavy atom. The highest BCUT2D eigenvalue weighted by atomic mass is 32.2. The lowest BCUT2D eigenvalue weighted by atomic mass is 9.97. The highest BCUT2D eigenvalue weighted by Gasteiger charge is 2.27. The Morgan fingerprint density at radius 1 is 1.32 bits per heavy atom. The van der Waals surface area contributed by atoms with Gasteiger partial charge < -0.3 is 9.47 Å². The number of likely N-dealkylation sites (tertiary alicyclic amines) is 1. The van der Waals surface area contributed by atoms with Crippen molar-refractivity contribution in [2.75, 3.05) is 24.6 Å². The Hall–Kier alpha value is -1.82. The zero-order valence-corrected chi connectivity index (χ0v) is 15.6. The molecule has 1 saturated heterocycles. The molecule has 1 atom stereocenters. The molecule has 2 aromatic heterocycles. The van der Waals surface area contributed by atoms with E-state index >= 15 is 0 Å². The van der Waals surface area contributed by atoms with Gasteiger partial charge in [-0.1, -0.05) is 13.0 Å². The molecule has 0 spiro atoms. The molecule has 0 N–H and O–H groups in total. The molecule has 134 valence electrons. The summed E-state index contributed by atoms with van der Waals surface area (Å²) in [6.07, 6.45) is 8.48. The normalized spacial score (nSPS) is 17.6. The standard InChI is InChI=1S/C19H26N4OS/c1-2-25-13-8-18(24)22-11-5-6-16(14-22)19-21-10-12-23(19)15-17-7-3-4-9-20-17/h3-4,7,9-10,12,16H,2,5-6,8,11,13-15H2,1H3/t16-/m1/s1. The van der Waals surface area contributed by atoms with Crippen molar-refractivity contribution in [2.24, 2.45) is 0 Å². The zero-order chi connectivity index (χ0) is 17.5. The van der Waals surface area contributed by atoms with Crippen LogP contribution in [0, 0.1) is 0 Å². The number of carbonyl (C=O) groups excluding carboxylic acids is 1. The second-order valence-corrected chi connectivity index (χ2v) is 7.75. The van der Waals surface area contributed by atoms with Crippen LogP contribution in [0.1, 0.15) is 43.6 Å². The van der Waals surface area contributed by atoms with Crippen LogP contribution in [0.4, 0.5) is 0 Å². The molecule has 1 aliphatic heterocycles. The average molecular weight is 359 g/mol. The lowest BCUT2D eigenvalue weighted by Gasteiger charge is -2.32. The van der Waals surface area contributed by atoms with Gasteiger partial charge in [0.05, 0.1) is 12.2 Å². The van der Waals surface area contributed by atoms with Gasteiger partial charge in [-0.3, -0.25) is 9.78 Å². The first-order chi connectivity index (χ1) is 12.3. The fraction of sp³-hybridized carbons (Fsp3) is 0.526. The summed E-state index contributed by atoms with van der Waals surface area (Å²) in [5, 5.41) is 0. The molecule has 3 rings (SSSR count). The van der Waals surface area contributed by atoms with E-state index in [0.29, 0.717) is 12.3 Å². The average Bonchev–Trinajstić information content (AvgIpc) is 3.11. The van der Waals surface area contributed by atoms with Gasteiger partial charge in [0.15, 0.2) is 0 Å². The molecule has 0 radical (unpaired) electrons. The van der Waals surface area contributed by atoms with Gasteiger partial charge in [0.25, 0.3) is 0 Å². The molecule has 6 heteroatoms. The van der Waals surface area contributed by atoms with E-state index < -0.39 is 0 Å². The summed E-state index contributed by atoms with van der Waals surface area (Å²) in [5.41, 5.74) is 1.03. The summed E-state index contributed by atoms with van der Waals surface area (Å²) in [6.45, 7) is 4.53. The topological polar surface area (TPSA) is 51.0 Å². The van der Waals surface area contributed by atoms with Crippen LogP contribution in [0.15, 0.2) is 36.8 Å². The second-order valence-electron chi connectivity index (χ2n) is 6.36. The summed E-state index contributed by atoms with van der Waals surface area (Å²) in [5.74, 6) is 3.67. The van der Waals surface area contributed by atoms with Crippen LogP contribution in [-0.4, -0.2) is 49.9 Å². The van der Waals surface area contributed by atoms with Gasteiger partial charge in [0.2, 0.25) is 5.91 Å². The fourth-order valence-corrected chi connectivity index (χ4v) is 3.96. The molecule has 0 aromatic carbocycles. The monoisotopic (exact) mass is 358 g/mol. The van der Waals surface area contributed by atoms with Crippen LogP contribution in [0.3, 0.4) is 0 Å². The largest absolute Gasteiger partial charge is 0.342 e. The van der Waals surface area contributed by atoms with Crippen molar-refractivity contribution in [3.8, 4) is 0 Å². The van der Waals surface area contributed by atoms with E-state index in [4.69, 9.17) is 0 Å². The van der Waals surface area contributed by atoms with Crippen molar-refractivity contribution < 1.29 is 4.79 Å².